The Kier molecular flexibility index (Phi) is 5.34. The summed E-state index contributed by atoms with van der Waals surface area (Å²) in [6, 6.07) is 8.67. The molecule has 0 saturated carbocycles. The molecular weight excluding hydrogens is 226 g/mol. The molecule has 1 aromatic carbocycles. The Hall–Kier alpha value is -1.86. The van der Waals surface area contributed by atoms with Crippen molar-refractivity contribution in [3.05, 3.63) is 35.4 Å². The van der Waals surface area contributed by atoms with Crippen LogP contribution in [0, 0.1) is 11.3 Å². The fourth-order valence-electron chi connectivity index (χ4n) is 1.69. The monoisotopic (exact) mass is 245 g/mol. The van der Waals surface area contributed by atoms with Crippen LogP contribution in [0.1, 0.15) is 43.9 Å². The summed E-state index contributed by atoms with van der Waals surface area (Å²) in [7, 11) is 0. The first-order valence-corrected chi connectivity index (χ1v) is 6.14. The minimum Gasteiger partial charge on any atom is -0.348 e. The number of carbonyl (C=O) groups is 1. The van der Waals surface area contributed by atoms with Crippen LogP contribution in [0.15, 0.2) is 24.3 Å². The molecule has 1 unspecified atom stereocenters. The van der Waals surface area contributed by atoms with Crippen LogP contribution >= 0.6 is 0 Å². The summed E-state index contributed by atoms with van der Waals surface area (Å²) in [5.74, 6) is -0.131. The molecule has 0 heterocycles. The lowest BCUT2D eigenvalue weighted by Crippen LogP contribution is -2.41. The molecule has 0 bridgehead atoms. The summed E-state index contributed by atoms with van der Waals surface area (Å²) in [6.07, 6.45) is 1.58. The van der Waals surface area contributed by atoms with Gasteiger partial charge in [-0.05, 0) is 31.0 Å². The van der Waals surface area contributed by atoms with Gasteiger partial charge in [0, 0.05) is 0 Å². The van der Waals surface area contributed by atoms with E-state index in [0.717, 1.165) is 12.0 Å². The molecule has 0 aromatic heterocycles. The van der Waals surface area contributed by atoms with Gasteiger partial charge >= 0.3 is 0 Å². The summed E-state index contributed by atoms with van der Waals surface area (Å²) in [4.78, 5) is 11.8. The van der Waals surface area contributed by atoms with Crippen LogP contribution in [0.2, 0.25) is 0 Å². The predicted molar refractivity (Wildman–Crippen MR) is 70.6 cm³/mol. The number of benzene rings is 1. The van der Waals surface area contributed by atoms with Crippen LogP contribution in [-0.2, 0) is 4.79 Å². The number of nitrogens with two attached hydrogens (primary N) is 1. The molecule has 4 heteroatoms. The number of amides is 1. The van der Waals surface area contributed by atoms with Gasteiger partial charge in [0.1, 0.15) is 0 Å². The van der Waals surface area contributed by atoms with Crippen LogP contribution in [0.3, 0.4) is 0 Å². The highest BCUT2D eigenvalue weighted by molar-refractivity contribution is 5.81. The highest BCUT2D eigenvalue weighted by Crippen LogP contribution is 2.13. The molecule has 18 heavy (non-hydrogen) atoms. The number of nitriles is 1. The SMILES string of the molecule is CCC[C@@H](N)C(=O)NC(C)c1ccc(C#N)cc1. The van der Waals surface area contributed by atoms with E-state index in [1.54, 1.807) is 12.1 Å². The van der Waals surface area contributed by atoms with Gasteiger partial charge in [-0.1, -0.05) is 25.5 Å². The fourth-order valence-corrected chi connectivity index (χ4v) is 1.69. The minimum absolute atomic E-state index is 0.104. The summed E-state index contributed by atoms with van der Waals surface area (Å²) >= 11 is 0. The van der Waals surface area contributed by atoms with E-state index >= 15 is 0 Å². The maximum absolute atomic E-state index is 11.8. The van der Waals surface area contributed by atoms with Crippen molar-refractivity contribution >= 4 is 5.91 Å². The van der Waals surface area contributed by atoms with E-state index < -0.39 is 6.04 Å². The number of carbonyl (C=O) groups excluding carboxylic acids is 1. The zero-order valence-corrected chi connectivity index (χ0v) is 10.8. The third-order valence-electron chi connectivity index (χ3n) is 2.83. The molecule has 3 N–H and O–H groups in total. The highest BCUT2D eigenvalue weighted by Gasteiger charge is 2.15. The number of rotatable bonds is 5. The molecule has 96 valence electrons. The molecule has 0 fully saturated rings. The number of hydrogen-bond acceptors (Lipinski definition) is 3. The topological polar surface area (TPSA) is 78.9 Å². The molecule has 1 rings (SSSR count). The quantitative estimate of drug-likeness (QED) is 0.831. The lowest BCUT2D eigenvalue weighted by molar-refractivity contribution is -0.123. The number of nitrogens with one attached hydrogen (secondary N) is 1. The molecule has 1 aromatic rings. The molecule has 0 aliphatic heterocycles. The van der Waals surface area contributed by atoms with Crippen molar-refractivity contribution in [3.8, 4) is 6.07 Å². The van der Waals surface area contributed by atoms with Crippen LogP contribution in [-0.4, -0.2) is 11.9 Å². The Morgan fingerprint density at radius 2 is 2.06 bits per heavy atom. The lowest BCUT2D eigenvalue weighted by atomic mass is 10.1. The third-order valence-corrected chi connectivity index (χ3v) is 2.83. The zero-order valence-electron chi connectivity index (χ0n) is 10.8. The van der Waals surface area contributed by atoms with Crippen molar-refractivity contribution in [2.24, 2.45) is 5.73 Å². The average Bonchev–Trinajstić information content (AvgIpc) is 2.39. The van der Waals surface area contributed by atoms with Gasteiger partial charge < -0.3 is 11.1 Å². The fraction of sp³-hybridized carbons (Fsp3) is 0.429. The van der Waals surface area contributed by atoms with Crippen LogP contribution in [0.25, 0.3) is 0 Å². The predicted octanol–water partition coefficient (Wildman–Crippen LogP) is 1.86. The smallest absolute Gasteiger partial charge is 0.237 e. The second-order valence-electron chi connectivity index (χ2n) is 4.36. The standard InChI is InChI=1S/C14H19N3O/c1-3-4-13(16)14(18)17-10(2)12-7-5-11(9-15)6-8-12/h5-8,10,13H,3-4,16H2,1-2H3,(H,17,18)/t10?,13-/m1/s1. The van der Waals surface area contributed by atoms with Crippen LogP contribution < -0.4 is 11.1 Å². The van der Waals surface area contributed by atoms with Gasteiger partial charge in [0.25, 0.3) is 0 Å². The maximum Gasteiger partial charge on any atom is 0.237 e. The molecule has 1 amide bonds. The third kappa shape index (κ3) is 3.86. The summed E-state index contributed by atoms with van der Waals surface area (Å²) in [5.41, 5.74) is 7.32. The number of hydrogen-bond donors (Lipinski definition) is 2. The Labute approximate surface area is 108 Å². The van der Waals surface area contributed by atoms with Crippen molar-refractivity contribution < 1.29 is 4.79 Å². The van der Waals surface area contributed by atoms with Crippen molar-refractivity contribution in [1.29, 1.82) is 5.26 Å². The Bertz CT molecular complexity index is 433. The van der Waals surface area contributed by atoms with E-state index in [0.29, 0.717) is 12.0 Å². The van der Waals surface area contributed by atoms with Crippen molar-refractivity contribution in [2.45, 2.75) is 38.8 Å². The molecule has 0 saturated heterocycles. The second kappa shape index (κ2) is 6.77. The maximum atomic E-state index is 11.8. The molecule has 0 radical (unpaired) electrons. The minimum atomic E-state index is -0.448. The van der Waals surface area contributed by atoms with Crippen molar-refractivity contribution in [2.75, 3.05) is 0 Å². The zero-order chi connectivity index (χ0) is 13.5. The molecule has 0 spiro atoms. The highest BCUT2D eigenvalue weighted by atomic mass is 16.2. The van der Waals surface area contributed by atoms with E-state index in [-0.39, 0.29) is 11.9 Å². The lowest BCUT2D eigenvalue weighted by Gasteiger charge is -2.17. The largest absolute Gasteiger partial charge is 0.348 e. The summed E-state index contributed by atoms with van der Waals surface area (Å²) in [5, 5.41) is 11.6. The number of nitrogens with zero attached hydrogens (tertiary/aromatic N) is 1. The van der Waals surface area contributed by atoms with Gasteiger partial charge in [0.05, 0.1) is 23.7 Å². The average molecular weight is 245 g/mol. The summed E-state index contributed by atoms with van der Waals surface area (Å²) in [6.45, 7) is 3.90. The molecule has 2 atom stereocenters. The van der Waals surface area contributed by atoms with Crippen LogP contribution in [0.5, 0.6) is 0 Å². The van der Waals surface area contributed by atoms with Crippen molar-refractivity contribution in [3.63, 3.8) is 0 Å². The van der Waals surface area contributed by atoms with Gasteiger partial charge in [-0.15, -0.1) is 0 Å². The molecule has 0 aliphatic carbocycles. The molecular formula is C14H19N3O. The van der Waals surface area contributed by atoms with Gasteiger partial charge in [-0.25, -0.2) is 0 Å². The second-order valence-corrected chi connectivity index (χ2v) is 4.36. The van der Waals surface area contributed by atoms with Crippen LogP contribution in [0.4, 0.5) is 0 Å². The first-order valence-electron chi connectivity index (χ1n) is 6.14. The van der Waals surface area contributed by atoms with E-state index in [4.69, 9.17) is 11.0 Å². The van der Waals surface area contributed by atoms with E-state index in [1.165, 1.54) is 0 Å². The Morgan fingerprint density at radius 3 is 2.56 bits per heavy atom. The van der Waals surface area contributed by atoms with Crippen molar-refractivity contribution in [1.82, 2.24) is 5.32 Å². The first-order chi connectivity index (χ1) is 8.58. The first kappa shape index (κ1) is 14.2. The summed E-state index contributed by atoms with van der Waals surface area (Å²) < 4.78 is 0. The van der Waals surface area contributed by atoms with Gasteiger partial charge in [0.2, 0.25) is 5.91 Å². The Morgan fingerprint density at radius 1 is 1.44 bits per heavy atom. The van der Waals surface area contributed by atoms with Gasteiger partial charge in [0.15, 0.2) is 0 Å². The van der Waals surface area contributed by atoms with Gasteiger partial charge in [-0.2, -0.15) is 5.26 Å². The molecule has 0 aliphatic rings. The normalized spacial score (nSPS) is 13.4. The van der Waals surface area contributed by atoms with Gasteiger partial charge in [-0.3, -0.25) is 4.79 Å². The van der Waals surface area contributed by atoms with E-state index in [2.05, 4.69) is 11.4 Å². The molecule has 4 nitrogen and oxygen atoms in total. The Balaban J connectivity index is 2.62. The van der Waals surface area contributed by atoms with E-state index in [9.17, 15) is 4.79 Å². The van der Waals surface area contributed by atoms with E-state index in [1.807, 2.05) is 26.0 Å².